The van der Waals surface area contributed by atoms with Gasteiger partial charge in [0.25, 0.3) is 0 Å². The van der Waals surface area contributed by atoms with Crippen molar-refractivity contribution < 1.29 is 4.74 Å². The molecule has 0 bridgehead atoms. The summed E-state index contributed by atoms with van der Waals surface area (Å²) >= 11 is 7.51. The first kappa shape index (κ1) is 12.4. The molecule has 0 fully saturated rings. The molecule has 0 aliphatic carbocycles. The van der Waals surface area contributed by atoms with Crippen LogP contribution in [0.5, 0.6) is 5.88 Å². The van der Waals surface area contributed by atoms with Crippen molar-refractivity contribution in [1.82, 2.24) is 10.3 Å². The smallest absolute Gasteiger partial charge is 0.217 e. The molecule has 5 heteroatoms. The maximum Gasteiger partial charge on any atom is 0.217 e. The fourth-order valence-corrected chi connectivity index (χ4v) is 2.55. The Bertz CT molecular complexity index is 487. The van der Waals surface area contributed by atoms with Gasteiger partial charge in [-0.25, -0.2) is 4.98 Å². The molecule has 17 heavy (non-hydrogen) atoms. The Labute approximate surface area is 109 Å². The molecule has 0 radical (unpaired) electrons. The zero-order valence-electron chi connectivity index (χ0n) is 9.44. The van der Waals surface area contributed by atoms with Gasteiger partial charge in [0.15, 0.2) is 0 Å². The van der Waals surface area contributed by atoms with Crippen LogP contribution in [0.25, 0.3) is 0 Å². The molecule has 90 valence electrons. The third-order valence-corrected chi connectivity index (χ3v) is 3.56. The Morgan fingerprint density at radius 3 is 3.06 bits per heavy atom. The van der Waals surface area contributed by atoms with E-state index < -0.39 is 0 Å². The molecule has 2 rings (SSSR count). The van der Waals surface area contributed by atoms with Crippen molar-refractivity contribution in [2.75, 3.05) is 7.11 Å². The van der Waals surface area contributed by atoms with Gasteiger partial charge in [-0.15, -0.1) is 11.3 Å². The quantitative estimate of drug-likeness (QED) is 0.905. The van der Waals surface area contributed by atoms with Crippen LogP contribution in [0.4, 0.5) is 0 Å². The number of pyridine rings is 1. The first-order valence-corrected chi connectivity index (χ1v) is 6.47. The van der Waals surface area contributed by atoms with Gasteiger partial charge in [-0.3, -0.25) is 0 Å². The molecular formula is C12H13ClN2OS. The number of rotatable bonds is 5. The van der Waals surface area contributed by atoms with Crippen molar-refractivity contribution >= 4 is 22.9 Å². The molecule has 0 saturated carbocycles. The van der Waals surface area contributed by atoms with E-state index in [9.17, 15) is 0 Å². The fourth-order valence-electron chi connectivity index (χ4n) is 1.51. The van der Waals surface area contributed by atoms with Crippen LogP contribution in [0.3, 0.4) is 0 Å². The number of hydrogen-bond donors (Lipinski definition) is 1. The minimum absolute atomic E-state index is 0.671. The van der Waals surface area contributed by atoms with Crippen LogP contribution in [-0.4, -0.2) is 12.1 Å². The summed E-state index contributed by atoms with van der Waals surface area (Å²) in [5, 5.41) is 6.07. The highest BCUT2D eigenvalue weighted by atomic mass is 35.5. The molecule has 0 unspecified atom stereocenters. The first-order chi connectivity index (χ1) is 8.29. The minimum Gasteiger partial charge on any atom is -0.481 e. The van der Waals surface area contributed by atoms with E-state index in [2.05, 4.69) is 10.3 Å². The standard InChI is InChI=1S/C12H13ClN2OS/c1-16-12-9(3-2-4-15-12)6-14-7-11-5-10(13)8-17-11/h2-5,8,14H,6-7H2,1H3. The number of thiophene rings is 1. The predicted octanol–water partition coefficient (Wildman–Crippen LogP) is 3.09. The van der Waals surface area contributed by atoms with E-state index in [1.807, 2.05) is 23.6 Å². The van der Waals surface area contributed by atoms with Crippen LogP contribution in [0.15, 0.2) is 29.8 Å². The number of halogens is 1. The Morgan fingerprint density at radius 1 is 1.47 bits per heavy atom. The highest BCUT2D eigenvalue weighted by Crippen LogP contribution is 2.19. The topological polar surface area (TPSA) is 34.1 Å². The molecule has 0 atom stereocenters. The van der Waals surface area contributed by atoms with Gasteiger partial charge in [0.1, 0.15) is 0 Å². The van der Waals surface area contributed by atoms with Crippen molar-refractivity contribution in [3.63, 3.8) is 0 Å². The minimum atomic E-state index is 0.671. The van der Waals surface area contributed by atoms with Crippen molar-refractivity contribution in [3.8, 4) is 5.88 Å². The third kappa shape index (κ3) is 3.43. The van der Waals surface area contributed by atoms with Crippen molar-refractivity contribution in [3.05, 3.63) is 45.2 Å². The summed E-state index contributed by atoms with van der Waals surface area (Å²) in [5.41, 5.74) is 1.05. The number of aromatic nitrogens is 1. The normalized spacial score (nSPS) is 10.5. The van der Waals surface area contributed by atoms with Crippen LogP contribution in [0.1, 0.15) is 10.4 Å². The lowest BCUT2D eigenvalue weighted by molar-refractivity contribution is 0.390. The van der Waals surface area contributed by atoms with Crippen LogP contribution >= 0.6 is 22.9 Å². The lowest BCUT2D eigenvalue weighted by Gasteiger charge is -2.07. The van der Waals surface area contributed by atoms with Crippen LogP contribution in [0, 0.1) is 0 Å². The second kappa shape index (κ2) is 6.00. The van der Waals surface area contributed by atoms with Crippen molar-refractivity contribution in [1.29, 1.82) is 0 Å². The SMILES string of the molecule is COc1ncccc1CNCc1cc(Cl)cs1. The monoisotopic (exact) mass is 268 g/mol. The lowest BCUT2D eigenvalue weighted by Crippen LogP contribution is -2.12. The second-order valence-electron chi connectivity index (χ2n) is 3.51. The molecule has 0 aliphatic heterocycles. The lowest BCUT2D eigenvalue weighted by atomic mass is 10.2. The Balaban J connectivity index is 1.89. The summed E-state index contributed by atoms with van der Waals surface area (Å²) in [6, 6.07) is 5.88. The molecule has 2 heterocycles. The van der Waals surface area contributed by atoms with E-state index in [1.165, 1.54) is 4.88 Å². The molecule has 0 aromatic carbocycles. The summed E-state index contributed by atoms with van der Waals surface area (Å²) in [6.45, 7) is 1.53. The number of methoxy groups -OCH3 is 1. The number of ether oxygens (including phenoxy) is 1. The van der Waals surface area contributed by atoms with E-state index in [1.54, 1.807) is 24.6 Å². The highest BCUT2D eigenvalue weighted by molar-refractivity contribution is 7.10. The van der Waals surface area contributed by atoms with Gasteiger partial charge >= 0.3 is 0 Å². The summed E-state index contributed by atoms with van der Waals surface area (Å²) in [5.74, 6) is 0.671. The number of nitrogens with one attached hydrogen (secondary N) is 1. The van der Waals surface area contributed by atoms with Gasteiger partial charge in [0, 0.05) is 35.1 Å². The van der Waals surface area contributed by atoms with E-state index in [4.69, 9.17) is 16.3 Å². The summed E-state index contributed by atoms with van der Waals surface area (Å²) in [4.78, 5) is 5.37. The van der Waals surface area contributed by atoms with Gasteiger partial charge in [-0.05, 0) is 12.1 Å². The Hall–Kier alpha value is -1.10. The maximum absolute atomic E-state index is 5.86. The van der Waals surface area contributed by atoms with Crippen LogP contribution in [0.2, 0.25) is 5.02 Å². The van der Waals surface area contributed by atoms with Gasteiger partial charge in [-0.2, -0.15) is 0 Å². The Morgan fingerprint density at radius 2 is 2.35 bits per heavy atom. The molecule has 0 saturated heterocycles. The number of hydrogen-bond acceptors (Lipinski definition) is 4. The van der Waals surface area contributed by atoms with Gasteiger partial charge in [0.2, 0.25) is 5.88 Å². The molecule has 1 N–H and O–H groups in total. The number of nitrogens with zero attached hydrogens (tertiary/aromatic N) is 1. The molecule has 0 aliphatic rings. The Kier molecular flexibility index (Phi) is 4.36. The molecule has 2 aromatic heterocycles. The fraction of sp³-hybridized carbons (Fsp3) is 0.250. The van der Waals surface area contributed by atoms with E-state index >= 15 is 0 Å². The van der Waals surface area contributed by atoms with Crippen LogP contribution in [-0.2, 0) is 13.1 Å². The van der Waals surface area contributed by atoms with Gasteiger partial charge in [0.05, 0.1) is 12.1 Å². The van der Waals surface area contributed by atoms with Gasteiger partial charge < -0.3 is 10.1 Å². The summed E-state index contributed by atoms with van der Waals surface area (Å²) in [7, 11) is 1.63. The highest BCUT2D eigenvalue weighted by Gasteiger charge is 2.03. The van der Waals surface area contributed by atoms with Crippen molar-refractivity contribution in [2.45, 2.75) is 13.1 Å². The average Bonchev–Trinajstić information content (AvgIpc) is 2.76. The van der Waals surface area contributed by atoms with Crippen LogP contribution < -0.4 is 10.1 Å². The average molecular weight is 269 g/mol. The maximum atomic E-state index is 5.86. The van der Waals surface area contributed by atoms with E-state index in [0.717, 1.165) is 23.7 Å². The summed E-state index contributed by atoms with van der Waals surface area (Å²) < 4.78 is 5.18. The molecular weight excluding hydrogens is 256 g/mol. The van der Waals surface area contributed by atoms with E-state index in [-0.39, 0.29) is 0 Å². The molecule has 0 spiro atoms. The second-order valence-corrected chi connectivity index (χ2v) is 4.94. The predicted molar refractivity (Wildman–Crippen MR) is 70.7 cm³/mol. The van der Waals surface area contributed by atoms with Gasteiger partial charge in [-0.1, -0.05) is 17.7 Å². The molecule has 0 amide bonds. The largest absolute Gasteiger partial charge is 0.481 e. The van der Waals surface area contributed by atoms with Crippen molar-refractivity contribution in [2.24, 2.45) is 0 Å². The molecule has 3 nitrogen and oxygen atoms in total. The molecule has 2 aromatic rings. The zero-order chi connectivity index (χ0) is 12.1. The third-order valence-electron chi connectivity index (χ3n) is 2.28. The summed E-state index contributed by atoms with van der Waals surface area (Å²) in [6.07, 6.45) is 1.72. The zero-order valence-corrected chi connectivity index (χ0v) is 11.0. The van der Waals surface area contributed by atoms with E-state index in [0.29, 0.717) is 5.88 Å². The first-order valence-electron chi connectivity index (χ1n) is 5.21.